The molecule has 1 fully saturated rings. The van der Waals surface area contributed by atoms with Crippen molar-refractivity contribution >= 4 is 32.3 Å². The molecule has 4 nitrogen and oxygen atoms in total. The third kappa shape index (κ3) is 2.94. The van der Waals surface area contributed by atoms with Crippen LogP contribution in [0.5, 0.6) is 0 Å². The molecule has 0 atom stereocenters. The number of nitrogens with zero attached hydrogens (tertiary/aromatic N) is 1. The topological polar surface area (TPSA) is 62.8 Å². The molecule has 0 aliphatic carbocycles. The van der Waals surface area contributed by atoms with Crippen molar-refractivity contribution in [1.29, 1.82) is 0 Å². The Morgan fingerprint density at radius 1 is 1.08 bits per heavy atom. The second-order valence-electron chi connectivity index (χ2n) is 6.30. The maximum Gasteiger partial charge on any atom is 0.150 e. The third-order valence-electron chi connectivity index (χ3n) is 4.77. The van der Waals surface area contributed by atoms with Crippen LogP contribution in [0.4, 0.5) is 0 Å². The summed E-state index contributed by atoms with van der Waals surface area (Å²) in [6.07, 6.45) is 5.11. The number of aromatic nitrogens is 2. The minimum Gasteiger partial charge on any atom is -0.361 e. The van der Waals surface area contributed by atoms with Gasteiger partial charge in [-0.05, 0) is 59.7 Å². The van der Waals surface area contributed by atoms with E-state index >= 15 is 0 Å². The number of sulfone groups is 1. The molecule has 3 aromatic rings. The number of aromatic amines is 1. The van der Waals surface area contributed by atoms with Crippen LogP contribution in [-0.4, -0.2) is 29.9 Å². The highest BCUT2D eigenvalue weighted by molar-refractivity contribution is 7.91. The van der Waals surface area contributed by atoms with E-state index in [0.717, 1.165) is 22.0 Å². The van der Waals surface area contributed by atoms with Crippen LogP contribution in [0, 0.1) is 0 Å². The van der Waals surface area contributed by atoms with E-state index in [2.05, 4.69) is 28.2 Å². The molecular weight excluding hydrogens is 344 g/mol. The van der Waals surface area contributed by atoms with Crippen LogP contribution >= 0.6 is 11.6 Å². The van der Waals surface area contributed by atoms with Gasteiger partial charge in [0.25, 0.3) is 0 Å². The number of pyridine rings is 1. The number of benzene rings is 1. The zero-order chi connectivity index (χ0) is 16.7. The molecule has 4 rings (SSSR count). The van der Waals surface area contributed by atoms with Gasteiger partial charge in [-0.25, -0.2) is 13.4 Å². The SMILES string of the molecule is O=S1(=O)CCC(c2c[nH]c3ccc(-c4ccnc(Cl)c4)cc23)CC1. The van der Waals surface area contributed by atoms with Gasteiger partial charge in [0.05, 0.1) is 11.5 Å². The lowest BCUT2D eigenvalue weighted by atomic mass is 9.92. The molecule has 1 aromatic carbocycles. The first-order chi connectivity index (χ1) is 11.5. The summed E-state index contributed by atoms with van der Waals surface area (Å²) >= 11 is 6.00. The Morgan fingerprint density at radius 3 is 2.58 bits per heavy atom. The average molecular weight is 361 g/mol. The van der Waals surface area contributed by atoms with Gasteiger partial charge in [0.2, 0.25) is 0 Å². The van der Waals surface area contributed by atoms with E-state index in [4.69, 9.17) is 11.6 Å². The van der Waals surface area contributed by atoms with Crippen molar-refractivity contribution in [2.45, 2.75) is 18.8 Å². The second-order valence-corrected chi connectivity index (χ2v) is 8.99. The molecule has 3 heterocycles. The number of rotatable bonds is 2. The molecule has 24 heavy (non-hydrogen) atoms. The number of fused-ring (bicyclic) bond motifs is 1. The van der Waals surface area contributed by atoms with Crippen molar-refractivity contribution in [1.82, 2.24) is 9.97 Å². The van der Waals surface area contributed by atoms with Crippen LogP contribution in [0.2, 0.25) is 5.15 Å². The van der Waals surface area contributed by atoms with E-state index in [1.807, 2.05) is 18.3 Å². The quantitative estimate of drug-likeness (QED) is 0.697. The lowest BCUT2D eigenvalue weighted by molar-refractivity contribution is 0.551. The molecular formula is C18H17ClN2O2S. The molecule has 0 radical (unpaired) electrons. The lowest BCUT2D eigenvalue weighted by Crippen LogP contribution is -2.21. The molecule has 0 amide bonds. The van der Waals surface area contributed by atoms with E-state index in [1.54, 1.807) is 6.20 Å². The Morgan fingerprint density at radius 2 is 1.83 bits per heavy atom. The van der Waals surface area contributed by atoms with Crippen molar-refractivity contribution in [3.05, 3.63) is 53.4 Å². The van der Waals surface area contributed by atoms with E-state index in [0.29, 0.717) is 23.9 Å². The minimum absolute atomic E-state index is 0.282. The van der Waals surface area contributed by atoms with Crippen molar-refractivity contribution in [3.63, 3.8) is 0 Å². The monoisotopic (exact) mass is 360 g/mol. The third-order valence-corrected chi connectivity index (χ3v) is 6.69. The van der Waals surface area contributed by atoms with Gasteiger partial charge in [0.15, 0.2) is 0 Å². The number of hydrogen-bond acceptors (Lipinski definition) is 3. The standard InChI is InChI=1S/C18H17ClN2O2S/c19-18-10-14(3-6-20-18)13-1-2-17-15(9-13)16(11-21-17)12-4-7-24(22,23)8-5-12/h1-3,6,9-12,21H,4-5,7-8H2. The molecule has 1 aliphatic heterocycles. The molecule has 124 valence electrons. The van der Waals surface area contributed by atoms with Gasteiger partial charge in [0.1, 0.15) is 15.0 Å². The molecule has 0 bridgehead atoms. The van der Waals surface area contributed by atoms with Crippen LogP contribution < -0.4 is 0 Å². The zero-order valence-corrected chi connectivity index (χ0v) is 14.6. The summed E-state index contributed by atoms with van der Waals surface area (Å²) in [7, 11) is -2.85. The van der Waals surface area contributed by atoms with Crippen molar-refractivity contribution in [2.75, 3.05) is 11.5 Å². The van der Waals surface area contributed by atoms with Crippen LogP contribution in [0.3, 0.4) is 0 Å². The first kappa shape index (κ1) is 15.7. The van der Waals surface area contributed by atoms with Gasteiger partial charge in [-0.15, -0.1) is 0 Å². The molecule has 0 unspecified atom stereocenters. The highest BCUT2D eigenvalue weighted by Crippen LogP contribution is 2.35. The van der Waals surface area contributed by atoms with Crippen LogP contribution in [0.25, 0.3) is 22.0 Å². The van der Waals surface area contributed by atoms with E-state index in [-0.39, 0.29) is 11.5 Å². The predicted molar refractivity (Wildman–Crippen MR) is 97.2 cm³/mol. The van der Waals surface area contributed by atoms with Gasteiger partial charge in [-0.3, -0.25) is 0 Å². The number of hydrogen-bond donors (Lipinski definition) is 1. The summed E-state index contributed by atoms with van der Waals surface area (Å²) in [4.78, 5) is 7.33. The van der Waals surface area contributed by atoms with E-state index in [1.165, 1.54) is 5.56 Å². The van der Waals surface area contributed by atoms with Crippen molar-refractivity contribution in [3.8, 4) is 11.1 Å². The highest BCUT2D eigenvalue weighted by Gasteiger charge is 2.26. The molecule has 1 N–H and O–H groups in total. The average Bonchev–Trinajstić information content (AvgIpc) is 2.98. The number of H-pyrrole nitrogens is 1. The summed E-state index contributed by atoms with van der Waals surface area (Å²) < 4.78 is 23.3. The van der Waals surface area contributed by atoms with Gasteiger partial charge >= 0.3 is 0 Å². The number of nitrogens with one attached hydrogen (secondary N) is 1. The van der Waals surface area contributed by atoms with Crippen LogP contribution in [0.1, 0.15) is 24.3 Å². The summed E-state index contributed by atoms with van der Waals surface area (Å²) in [6, 6.07) is 10.0. The van der Waals surface area contributed by atoms with Gasteiger partial charge in [-0.1, -0.05) is 17.7 Å². The molecule has 1 saturated heterocycles. The largest absolute Gasteiger partial charge is 0.361 e. The van der Waals surface area contributed by atoms with Crippen molar-refractivity contribution in [2.24, 2.45) is 0 Å². The lowest BCUT2D eigenvalue weighted by Gasteiger charge is -2.21. The molecule has 2 aromatic heterocycles. The normalized spacial score (nSPS) is 18.0. The first-order valence-electron chi connectivity index (χ1n) is 7.95. The fourth-order valence-corrected chi connectivity index (χ4v) is 5.11. The maximum atomic E-state index is 11.7. The van der Waals surface area contributed by atoms with E-state index < -0.39 is 9.84 Å². The Kier molecular flexibility index (Phi) is 3.85. The predicted octanol–water partition coefficient (Wildman–Crippen LogP) is 4.18. The Bertz CT molecular complexity index is 997. The fourth-order valence-electron chi connectivity index (χ4n) is 3.44. The zero-order valence-electron chi connectivity index (χ0n) is 13.0. The second kappa shape index (κ2) is 5.90. The van der Waals surface area contributed by atoms with Gasteiger partial charge < -0.3 is 4.98 Å². The molecule has 6 heteroatoms. The number of halogens is 1. The summed E-state index contributed by atoms with van der Waals surface area (Å²) in [5.41, 5.74) is 4.38. The maximum absolute atomic E-state index is 11.7. The smallest absolute Gasteiger partial charge is 0.150 e. The minimum atomic E-state index is -2.85. The Hall–Kier alpha value is -1.85. The summed E-state index contributed by atoms with van der Waals surface area (Å²) in [5, 5.41) is 1.63. The molecule has 0 saturated carbocycles. The Labute approximate surface area is 145 Å². The van der Waals surface area contributed by atoms with Crippen LogP contribution in [-0.2, 0) is 9.84 Å². The Balaban J connectivity index is 1.74. The summed E-state index contributed by atoms with van der Waals surface area (Å²) in [6.45, 7) is 0. The van der Waals surface area contributed by atoms with Gasteiger partial charge in [0, 0.05) is 23.3 Å². The fraction of sp³-hybridized carbons (Fsp3) is 0.278. The first-order valence-corrected chi connectivity index (χ1v) is 10.2. The van der Waals surface area contributed by atoms with Gasteiger partial charge in [-0.2, -0.15) is 0 Å². The molecule has 0 spiro atoms. The molecule has 1 aliphatic rings. The highest BCUT2D eigenvalue weighted by atomic mass is 35.5. The van der Waals surface area contributed by atoms with Crippen LogP contribution in [0.15, 0.2) is 42.7 Å². The summed E-state index contributed by atoms with van der Waals surface area (Å²) in [5.74, 6) is 0.854. The van der Waals surface area contributed by atoms with E-state index in [9.17, 15) is 8.42 Å². The van der Waals surface area contributed by atoms with Crippen molar-refractivity contribution < 1.29 is 8.42 Å².